The Hall–Kier alpha value is -4.64. The summed E-state index contributed by atoms with van der Waals surface area (Å²) in [6.07, 6.45) is 0.177. The molecule has 5 aromatic rings. The summed E-state index contributed by atoms with van der Waals surface area (Å²) in [6.45, 7) is 4.57. The van der Waals surface area contributed by atoms with Crippen LogP contribution >= 0.6 is 0 Å². The number of aryl methyl sites for hydroxylation is 1. The van der Waals surface area contributed by atoms with E-state index in [-0.39, 0.29) is 46.6 Å². The lowest BCUT2D eigenvalue weighted by Crippen LogP contribution is -2.51. The van der Waals surface area contributed by atoms with Gasteiger partial charge in [-0.3, -0.25) is 4.90 Å². The molecule has 2 heterocycles. The number of ether oxygens (including phenoxy) is 2. The summed E-state index contributed by atoms with van der Waals surface area (Å²) in [5.74, 6) is -2.49. The first-order valence-electron chi connectivity index (χ1n) is 13.8. The summed E-state index contributed by atoms with van der Waals surface area (Å²) in [5, 5.41) is 18.2. The molecule has 0 atom stereocenters. The first-order valence-corrected chi connectivity index (χ1v) is 13.8. The number of aromatic nitrogens is 2. The molecule has 0 saturated carbocycles. The summed E-state index contributed by atoms with van der Waals surface area (Å²) in [7, 11) is 0. The van der Waals surface area contributed by atoms with E-state index in [9.17, 15) is 9.90 Å². The van der Waals surface area contributed by atoms with Gasteiger partial charge >= 0.3 is 5.97 Å². The molecule has 0 aliphatic carbocycles. The quantitative estimate of drug-likeness (QED) is 0.180. The van der Waals surface area contributed by atoms with E-state index in [1.165, 1.54) is 11.6 Å². The molecular formula is C33H29F2N3O5. The van der Waals surface area contributed by atoms with Crippen molar-refractivity contribution in [3.63, 3.8) is 0 Å². The zero-order chi connectivity index (χ0) is 30.1. The van der Waals surface area contributed by atoms with Gasteiger partial charge < -0.3 is 24.7 Å². The van der Waals surface area contributed by atoms with Crippen LogP contribution in [-0.4, -0.2) is 63.5 Å². The van der Waals surface area contributed by atoms with Gasteiger partial charge in [-0.15, -0.1) is 0 Å². The number of aliphatic hydroxyl groups excluding tert-OH is 1. The van der Waals surface area contributed by atoms with Crippen molar-refractivity contribution in [1.29, 1.82) is 0 Å². The Labute approximate surface area is 246 Å². The third-order valence-corrected chi connectivity index (χ3v) is 7.54. The van der Waals surface area contributed by atoms with E-state index in [0.29, 0.717) is 17.7 Å². The lowest BCUT2D eigenvalue weighted by molar-refractivity contribution is -0.0664. The molecular weight excluding hydrogens is 556 g/mol. The molecule has 6 rings (SSSR count). The molecule has 1 aliphatic heterocycles. The molecule has 1 fully saturated rings. The summed E-state index contributed by atoms with van der Waals surface area (Å²) in [6, 6.07) is 20.8. The number of H-pyrrole nitrogens is 1. The number of benzene rings is 4. The Morgan fingerprint density at radius 3 is 2.35 bits per heavy atom. The smallest absolute Gasteiger partial charge is 0.336 e. The van der Waals surface area contributed by atoms with Crippen LogP contribution in [-0.2, 0) is 11.3 Å². The summed E-state index contributed by atoms with van der Waals surface area (Å²) >= 11 is 0. The lowest BCUT2D eigenvalue weighted by atomic mass is 9.98. The highest BCUT2D eigenvalue weighted by atomic mass is 19.1. The number of aromatic carboxylic acids is 1. The average molecular weight is 586 g/mol. The van der Waals surface area contributed by atoms with Crippen molar-refractivity contribution in [2.24, 2.45) is 0 Å². The highest BCUT2D eigenvalue weighted by molar-refractivity contribution is 5.90. The van der Waals surface area contributed by atoms with Crippen molar-refractivity contribution < 1.29 is 33.3 Å². The van der Waals surface area contributed by atoms with Crippen molar-refractivity contribution in [3.8, 4) is 34.0 Å². The minimum Gasteiger partial charge on any atom is -0.478 e. The van der Waals surface area contributed by atoms with E-state index >= 15 is 8.78 Å². The maximum atomic E-state index is 15.6. The van der Waals surface area contributed by atoms with E-state index in [0.717, 1.165) is 36.8 Å². The van der Waals surface area contributed by atoms with Crippen LogP contribution in [0.2, 0.25) is 0 Å². The van der Waals surface area contributed by atoms with Crippen molar-refractivity contribution in [1.82, 2.24) is 14.9 Å². The van der Waals surface area contributed by atoms with Gasteiger partial charge in [-0.05, 0) is 46.9 Å². The number of nitrogens with one attached hydrogen (secondary N) is 1. The van der Waals surface area contributed by atoms with E-state index in [2.05, 4.69) is 27.0 Å². The van der Waals surface area contributed by atoms with Gasteiger partial charge in [-0.2, -0.15) is 4.98 Å². The second kappa shape index (κ2) is 11.9. The number of rotatable bonds is 10. The Bertz CT molecular complexity index is 1780. The average Bonchev–Trinajstić information content (AvgIpc) is 3.38. The van der Waals surface area contributed by atoms with Gasteiger partial charge in [0.2, 0.25) is 0 Å². The SMILES string of the molecule is Cc1ccc(Oc2nc3c(F)c(-c4ccc(-c5ccc(CN6CC(OCCO)C6)cc5)cc4)c(F)cc3[nH]2)cc1C(=O)O. The fourth-order valence-corrected chi connectivity index (χ4v) is 5.24. The maximum absolute atomic E-state index is 15.6. The monoisotopic (exact) mass is 585 g/mol. The molecule has 4 aromatic carbocycles. The van der Waals surface area contributed by atoms with E-state index in [1.54, 1.807) is 31.2 Å². The van der Waals surface area contributed by atoms with Gasteiger partial charge in [-0.25, -0.2) is 13.6 Å². The molecule has 10 heteroatoms. The van der Waals surface area contributed by atoms with Gasteiger partial charge in [0.15, 0.2) is 5.82 Å². The first-order chi connectivity index (χ1) is 20.8. The highest BCUT2D eigenvalue weighted by Gasteiger charge is 2.27. The van der Waals surface area contributed by atoms with E-state index in [1.807, 2.05) is 24.3 Å². The third kappa shape index (κ3) is 5.98. The van der Waals surface area contributed by atoms with Gasteiger partial charge in [0.05, 0.1) is 36.0 Å². The maximum Gasteiger partial charge on any atom is 0.336 e. The van der Waals surface area contributed by atoms with Gasteiger partial charge in [0.1, 0.15) is 17.1 Å². The van der Waals surface area contributed by atoms with Crippen LogP contribution in [0.15, 0.2) is 72.8 Å². The number of nitrogens with zero attached hydrogens (tertiary/aromatic N) is 2. The number of fused-ring (bicyclic) bond motifs is 1. The number of carbonyl (C=O) groups is 1. The second-order valence-corrected chi connectivity index (χ2v) is 10.6. The number of aliphatic hydroxyl groups is 1. The van der Waals surface area contributed by atoms with Crippen LogP contribution in [0.25, 0.3) is 33.3 Å². The first kappa shape index (κ1) is 28.5. The highest BCUT2D eigenvalue weighted by Crippen LogP contribution is 2.34. The van der Waals surface area contributed by atoms with E-state index < -0.39 is 17.6 Å². The number of halogens is 2. The van der Waals surface area contributed by atoms with Gasteiger partial charge in [0.25, 0.3) is 6.01 Å². The molecule has 3 N–H and O–H groups in total. The van der Waals surface area contributed by atoms with Crippen LogP contribution < -0.4 is 4.74 Å². The number of hydrogen-bond acceptors (Lipinski definition) is 6. The number of carboxylic acid groups (broad SMARTS) is 1. The summed E-state index contributed by atoms with van der Waals surface area (Å²) in [4.78, 5) is 20.6. The number of aromatic amines is 1. The number of carboxylic acids is 1. The normalized spacial score (nSPS) is 13.8. The second-order valence-electron chi connectivity index (χ2n) is 10.6. The minimum atomic E-state index is -1.10. The molecule has 1 saturated heterocycles. The fraction of sp³-hybridized carbons (Fsp3) is 0.212. The largest absolute Gasteiger partial charge is 0.478 e. The summed E-state index contributed by atoms with van der Waals surface area (Å²) < 4.78 is 41.9. The predicted molar refractivity (Wildman–Crippen MR) is 157 cm³/mol. The predicted octanol–water partition coefficient (Wildman–Crippen LogP) is 6.17. The number of hydrogen-bond donors (Lipinski definition) is 3. The standard InChI is InChI=1S/C33H29F2N3O5/c1-19-2-11-24(14-26(19)32(40)41)43-33-36-28-15-27(34)29(30(35)31(28)37-33)23-9-7-22(8-10-23)21-5-3-20(4-6-21)16-38-17-25(18-38)42-13-12-39/h2-11,14-15,25,39H,12-13,16-18H2,1H3,(H,36,37)(H,40,41). The zero-order valence-corrected chi connectivity index (χ0v) is 23.3. The molecule has 8 nitrogen and oxygen atoms in total. The Morgan fingerprint density at radius 1 is 1.00 bits per heavy atom. The molecule has 43 heavy (non-hydrogen) atoms. The molecule has 1 aliphatic rings. The molecule has 0 spiro atoms. The third-order valence-electron chi connectivity index (χ3n) is 7.54. The van der Waals surface area contributed by atoms with Gasteiger partial charge in [0, 0.05) is 25.7 Å². The van der Waals surface area contributed by atoms with Crippen LogP contribution in [0.5, 0.6) is 11.8 Å². The Morgan fingerprint density at radius 2 is 1.67 bits per heavy atom. The Kier molecular flexibility index (Phi) is 7.90. The van der Waals surface area contributed by atoms with Crippen molar-refractivity contribution in [2.75, 3.05) is 26.3 Å². The molecule has 0 amide bonds. The molecule has 220 valence electrons. The molecule has 0 radical (unpaired) electrons. The zero-order valence-electron chi connectivity index (χ0n) is 23.3. The molecule has 1 aromatic heterocycles. The number of imidazole rings is 1. The summed E-state index contributed by atoms with van der Waals surface area (Å²) in [5.41, 5.74) is 3.88. The van der Waals surface area contributed by atoms with E-state index in [4.69, 9.17) is 14.6 Å². The van der Waals surface area contributed by atoms with Crippen molar-refractivity contribution in [3.05, 3.63) is 101 Å². The van der Waals surface area contributed by atoms with Crippen LogP contribution in [0.4, 0.5) is 8.78 Å². The minimum absolute atomic E-state index is 0.0345. The molecule has 0 unspecified atom stereocenters. The van der Waals surface area contributed by atoms with Crippen LogP contribution in [0.3, 0.4) is 0 Å². The van der Waals surface area contributed by atoms with Crippen LogP contribution in [0.1, 0.15) is 21.5 Å². The molecule has 0 bridgehead atoms. The van der Waals surface area contributed by atoms with Crippen molar-refractivity contribution >= 4 is 17.0 Å². The fourth-order valence-electron chi connectivity index (χ4n) is 5.24. The Balaban J connectivity index is 1.17. The van der Waals surface area contributed by atoms with Crippen molar-refractivity contribution in [2.45, 2.75) is 19.6 Å². The van der Waals surface area contributed by atoms with Gasteiger partial charge in [-0.1, -0.05) is 54.6 Å². The topological polar surface area (TPSA) is 108 Å². The lowest BCUT2D eigenvalue weighted by Gasteiger charge is -2.38. The number of likely N-dealkylation sites (tertiary alicyclic amines) is 1. The van der Waals surface area contributed by atoms with Crippen LogP contribution in [0, 0.1) is 18.6 Å².